The summed E-state index contributed by atoms with van der Waals surface area (Å²) in [7, 11) is -4.93. The van der Waals surface area contributed by atoms with Crippen molar-refractivity contribution in [2.45, 2.75) is 111 Å². The lowest BCUT2D eigenvalue weighted by Gasteiger charge is -2.36. The molecule has 0 rings (SSSR count). The highest BCUT2D eigenvalue weighted by Crippen LogP contribution is 2.24. The molecule has 27 heavy (non-hydrogen) atoms. The Morgan fingerprint density at radius 2 is 1.33 bits per heavy atom. The Morgan fingerprint density at radius 3 is 1.89 bits per heavy atom. The quantitative estimate of drug-likeness (QED) is 0.163. The average molecular weight is 415 g/mol. The van der Waals surface area contributed by atoms with Crippen LogP contribution in [0.4, 0.5) is 0 Å². The molecule has 0 aliphatic rings. The third-order valence-corrected chi connectivity index (χ3v) is 11.2. The molecule has 0 N–H and O–H groups in total. The van der Waals surface area contributed by atoms with E-state index in [2.05, 4.69) is 47.0 Å². The predicted octanol–water partition coefficient (Wildman–Crippen LogP) is 7.35. The molecule has 0 aromatic rings. The van der Waals surface area contributed by atoms with Crippen molar-refractivity contribution in [2.24, 2.45) is 0 Å². The van der Waals surface area contributed by atoms with Gasteiger partial charge in [-0.3, -0.25) is 0 Å². The van der Waals surface area contributed by atoms with Gasteiger partial charge in [0.2, 0.25) is 0 Å². The summed E-state index contributed by atoms with van der Waals surface area (Å²) < 4.78 is 19.2. The Kier molecular flexibility index (Phi) is 15.6. The Hall–Kier alpha value is -0.206. The van der Waals surface area contributed by atoms with Crippen molar-refractivity contribution in [2.75, 3.05) is 6.61 Å². The molecule has 160 valence electrons. The monoisotopic (exact) mass is 414 g/mol. The van der Waals surface area contributed by atoms with E-state index in [0.29, 0.717) is 0 Å². The molecule has 0 fully saturated rings. The van der Waals surface area contributed by atoms with Crippen LogP contribution in [0.1, 0.15) is 91.4 Å². The van der Waals surface area contributed by atoms with Crippen molar-refractivity contribution in [1.82, 2.24) is 0 Å². The second-order valence-corrected chi connectivity index (χ2v) is 14.1. The highest BCUT2D eigenvalue weighted by molar-refractivity contribution is 6.84. The zero-order valence-electron chi connectivity index (χ0n) is 18.9. The van der Waals surface area contributed by atoms with Crippen LogP contribution in [0.5, 0.6) is 0 Å². The van der Waals surface area contributed by atoms with E-state index in [4.69, 9.17) is 13.0 Å². The van der Waals surface area contributed by atoms with Gasteiger partial charge in [-0.1, -0.05) is 83.5 Å². The van der Waals surface area contributed by atoms with Gasteiger partial charge >= 0.3 is 17.1 Å². The van der Waals surface area contributed by atoms with Crippen LogP contribution in [0.3, 0.4) is 0 Å². The van der Waals surface area contributed by atoms with Crippen LogP contribution in [0, 0.1) is 0 Å². The summed E-state index contributed by atoms with van der Waals surface area (Å²) in [6.07, 6.45) is 13.5. The summed E-state index contributed by atoms with van der Waals surface area (Å²) in [4.78, 5) is 0. The lowest BCUT2D eigenvalue weighted by atomic mass is 10.1. The van der Waals surface area contributed by atoms with Gasteiger partial charge in [0.1, 0.15) is 0 Å². The molecular formula is C22H46O3Si2. The molecule has 3 unspecified atom stereocenters. The Morgan fingerprint density at radius 1 is 0.741 bits per heavy atom. The Bertz CT molecular complexity index is 392. The molecule has 0 heterocycles. The second-order valence-electron chi connectivity index (χ2n) is 7.83. The smallest absolute Gasteiger partial charge is 0.352 e. The molecule has 0 aliphatic heterocycles. The summed E-state index contributed by atoms with van der Waals surface area (Å²) in [5.41, 5.74) is 3.80. The van der Waals surface area contributed by atoms with Crippen molar-refractivity contribution in [3.63, 3.8) is 0 Å². The summed E-state index contributed by atoms with van der Waals surface area (Å²) in [6, 6.07) is 0. The summed E-state index contributed by atoms with van der Waals surface area (Å²) >= 11 is 0. The first-order valence-corrected chi connectivity index (χ1v) is 16.0. The first kappa shape index (κ1) is 26.8. The molecule has 0 radical (unpaired) electrons. The fourth-order valence-corrected chi connectivity index (χ4v) is 9.13. The molecule has 3 atom stereocenters. The standard InChI is InChI=1S/C22H46O3Si2/c1-8-13-15-16-17-18-21-23-26(6,11-4)25-27(7,12-5)24-22(19-10-3)20-14-9-2/h11-12,22H,4-5,8-10,13-21H2,1-3,6-7H3. The average Bonchev–Trinajstić information content (AvgIpc) is 2.65. The van der Waals surface area contributed by atoms with E-state index in [-0.39, 0.29) is 6.10 Å². The molecule has 5 heteroatoms. The second kappa shape index (κ2) is 15.7. The largest absolute Gasteiger partial charge is 0.409 e. The first-order chi connectivity index (χ1) is 12.9. The van der Waals surface area contributed by atoms with Crippen molar-refractivity contribution >= 4 is 17.1 Å². The topological polar surface area (TPSA) is 27.7 Å². The molecule has 0 bridgehead atoms. The van der Waals surface area contributed by atoms with Crippen LogP contribution >= 0.6 is 0 Å². The maximum absolute atomic E-state index is 6.52. The van der Waals surface area contributed by atoms with Crippen molar-refractivity contribution in [3.8, 4) is 0 Å². The highest BCUT2D eigenvalue weighted by Gasteiger charge is 2.41. The van der Waals surface area contributed by atoms with Gasteiger partial charge in [0.15, 0.2) is 0 Å². The minimum absolute atomic E-state index is 0.256. The molecule has 0 saturated heterocycles. The number of rotatable bonds is 19. The molecule has 0 aliphatic carbocycles. The number of unbranched alkanes of at least 4 members (excludes halogenated alkanes) is 6. The van der Waals surface area contributed by atoms with E-state index < -0.39 is 17.1 Å². The van der Waals surface area contributed by atoms with Gasteiger partial charge in [0.05, 0.1) is 0 Å². The molecule has 0 spiro atoms. The van der Waals surface area contributed by atoms with Gasteiger partial charge in [-0.2, -0.15) is 0 Å². The van der Waals surface area contributed by atoms with E-state index in [1.807, 2.05) is 11.4 Å². The molecular weight excluding hydrogens is 368 g/mol. The summed E-state index contributed by atoms with van der Waals surface area (Å²) in [5.74, 6) is 0. The normalized spacial score (nSPS) is 17.1. The van der Waals surface area contributed by atoms with Crippen molar-refractivity contribution < 1.29 is 13.0 Å². The third kappa shape index (κ3) is 12.8. The van der Waals surface area contributed by atoms with Gasteiger partial charge < -0.3 is 13.0 Å². The van der Waals surface area contributed by atoms with Crippen LogP contribution in [-0.2, 0) is 13.0 Å². The van der Waals surface area contributed by atoms with Crippen molar-refractivity contribution in [3.05, 3.63) is 24.6 Å². The number of hydrogen-bond donors (Lipinski definition) is 0. The third-order valence-electron chi connectivity index (χ3n) is 4.92. The van der Waals surface area contributed by atoms with Crippen LogP contribution in [0.25, 0.3) is 0 Å². The molecule has 0 aromatic heterocycles. The van der Waals surface area contributed by atoms with Gasteiger partial charge in [-0.05, 0) is 32.4 Å². The van der Waals surface area contributed by atoms with Gasteiger partial charge in [0.25, 0.3) is 0 Å². The van der Waals surface area contributed by atoms with Gasteiger partial charge in [0, 0.05) is 12.7 Å². The van der Waals surface area contributed by atoms with E-state index in [1.165, 1.54) is 44.9 Å². The SMILES string of the molecule is C=C[Si](C)(OCCCCCCCC)O[Si](C)(C=C)OC(CCC)CCCC. The maximum atomic E-state index is 6.52. The molecule has 3 nitrogen and oxygen atoms in total. The van der Waals surface area contributed by atoms with Crippen LogP contribution < -0.4 is 0 Å². The Balaban J connectivity index is 4.62. The Labute approximate surface area is 172 Å². The zero-order valence-corrected chi connectivity index (χ0v) is 20.9. The van der Waals surface area contributed by atoms with Crippen molar-refractivity contribution in [1.29, 1.82) is 0 Å². The van der Waals surface area contributed by atoms with E-state index in [0.717, 1.165) is 32.3 Å². The van der Waals surface area contributed by atoms with Crippen LogP contribution in [0.15, 0.2) is 24.6 Å². The fraction of sp³-hybridized carbons (Fsp3) is 0.818. The van der Waals surface area contributed by atoms with Crippen LogP contribution in [-0.4, -0.2) is 29.8 Å². The highest BCUT2D eigenvalue weighted by atomic mass is 28.5. The zero-order chi connectivity index (χ0) is 20.6. The van der Waals surface area contributed by atoms with E-state index in [1.54, 1.807) is 0 Å². The van der Waals surface area contributed by atoms with Gasteiger partial charge in [-0.15, -0.1) is 13.2 Å². The minimum Gasteiger partial charge on any atom is -0.409 e. The van der Waals surface area contributed by atoms with E-state index >= 15 is 0 Å². The molecule has 0 saturated carbocycles. The summed E-state index contributed by atoms with van der Waals surface area (Å²) in [6.45, 7) is 19.6. The first-order valence-electron chi connectivity index (χ1n) is 11.2. The predicted molar refractivity (Wildman–Crippen MR) is 123 cm³/mol. The molecule has 0 amide bonds. The molecule has 0 aromatic carbocycles. The maximum Gasteiger partial charge on any atom is 0.352 e. The lowest BCUT2D eigenvalue weighted by Crippen LogP contribution is -2.51. The lowest BCUT2D eigenvalue weighted by molar-refractivity contribution is 0.127. The minimum atomic E-state index is -2.49. The summed E-state index contributed by atoms with van der Waals surface area (Å²) in [5, 5.41) is 0. The van der Waals surface area contributed by atoms with E-state index in [9.17, 15) is 0 Å². The fourth-order valence-electron chi connectivity index (χ4n) is 3.15. The van der Waals surface area contributed by atoms with Crippen LogP contribution in [0.2, 0.25) is 13.1 Å². The number of hydrogen-bond acceptors (Lipinski definition) is 3. The van der Waals surface area contributed by atoms with Gasteiger partial charge in [-0.25, -0.2) is 0 Å².